The summed E-state index contributed by atoms with van der Waals surface area (Å²) in [5.74, 6) is -2.49. The molecule has 41 heavy (non-hydrogen) atoms. The lowest BCUT2D eigenvalue weighted by atomic mass is 9.73. The Morgan fingerprint density at radius 3 is 2.32 bits per heavy atom. The smallest absolute Gasteiger partial charge is 0.253 e. The molecule has 6 rings (SSSR count). The van der Waals surface area contributed by atoms with Crippen LogP contribution in [0.3, 0.4) is 0 Å². The third-order valence-electron chi connectivity index (χ3n) is 8.96. The largest absolute Gasteiger partial charge is 0.396 e. The SMILES string of the molecule is CC[C@]12C=CCN(c3ccccc3)C(=O)[C@H]1[C@H]1C(=O)N(CCCCO)C3C(=O)N(c4ccccc4Cl)CC=C[C@@]31O2. The zero-order chi connectivity index (χ0) is 28.8. The highest BCUT2D eigenvalue weighted by atomic mass is 35.5. The van der Waals surface area contributed by atoms with Gasteiger partial charge in [0.1, 0.15) is 11.6 Å². The van der Waals surface area contributed by atoms with Gasteiger partial charge in [-0.2, -0.15) is 0 Å². The number of unbranched alkanes of at least 4 members (excludes halogenated alkanes) is 1. The molecule has 2 fully saturated rings. The van der Waals surface area contributed by atoms with Crippen LogP contribution < -0.4 is 9.80 Å². The molecule has 0 saturated carbocycles. The molecule has 1 unspecified atom stereocenters. The summed E-state index contributed by atoms with van der Waals surface area (Å²) in [5.41, 5.74) is -1.10. The summed E-state index contributed by atoms with van der Waals surface area (Å²) >= 11 is 6.53. The van der Waals surface area contributed by atoms with Crippen molar-refractivity contribution in [3.8, 4) is 0 Å². The van der Waals surface area contributed by atoms with Crippen LogP contribution in [-0.2, 0) is 19.1 Å². The highest BCUT2D eigenvalue weighted by molar-refractivity contribution is 6.34. The fourth-order valence-corrected chi connectivity index (χ4v) is 7.36. The number of amides is 3. The van der Waals surface area contributed by atoms with E-state index in [9.17, 15) is 19.5 Å². The topological polar surface area (TPSA) is 90.4 Å². The van der Waals surface area contributed by atoms with Gasteiger partial charge in [-0.3, -0.25) is 14.4 Å². The van der Waals surface area contributed by atoms with Crippen molar-refractivity contribution in [3.05, 3.63) is 83.9 Å². The summed E-state index contributed by atoms with van der Waals surface area (Å²) in [7, 11) is 0. The second-order valence-corrected chi connectivity index (χ2v) is 11.5. The predicted molar refractivity (Wildman–Crippen MR) is 157 cm³/mol. The molecular weight excluding hydrogens is 542 g/mol. The lowest BCUT2D eigenvalue weighted by Gasteiger charge is -2.38. The molecule has 9 heteroatoms. The van der Waals surface area contributed by atoms with Crippen LogP contribution in [0.25, 0.3) is 0 Å². The van der Waals surface area contributed by atoms with Crippen LogP contribution in [0.4, 0.5) is 11.4 Å². The Hall–Kier alpha value is -3.46. The van der Waals surface area contributed by atoms with Crippen molar-refractivity contribution < 1.29 is 24.2 Å². The molecular formula is C32H34ClN3O5. The number of fused-ring (bicyclic) bond motifs is 2. The number of para-hydroxylation sites is 2. The molecule has 1 N–H and O–H groups in total. The number of rotatable bonds is 7. The van der Waals surface area contributed by atoms with Gasteiger partial charge in [-0.25, -0.2) is 0 Å². The maximum absolute atomic E-state index is 14.5. The van der Waals surface area contributed by atoms with Crippen LogP contribution in [0.5, 0.6) is 0 Å². The maximum atomic E-state index is 14.5. The average molecular weight is 576 g/mol. The summed E-state index contributed by atoms with van der Waals surface area (Å²) < 4.78 is 7.01. The zero-order valence-corrected chi connectivity index (χ0v) is 23.7. The number of halogens is 1. The van der Waals surface area contributed by atoms with E-state index in [-0.39, 0.29) is 37.4 Å². The van der Waals surface area contributed by atoms with Gasteiger partial charge in [-0.1, -0.05) is 73.2 Å². The van der Waals surface area contributed by atoms with Crippen molar-refractivity contribution >= 4 is 40.7 Å². The lowest BCUT2D eigenvalue weighted by molar-refractivity contribution is -0.145. The van der Waals surface area contributed by atoms with E-state index in [0.717, 1.165) is 5.69 Å². The molecule has 4 aliphatic heterocycles. The van der Waals surface area contributed by atoms with Crippen LogP contribution in [0, 0.1) is 11.8 Å². The van der Waals surface area contributed by atoms with Crippen LogP contribution in [0.2, 0.25) is 5.02 Å². The molecule has 4 heterocycles. The molecule has 0 aliphatic carbocycles. The van der Waals surface area contributed by atoms with Gasteiger partial charge >= 0.3 is 0 Å². The maximum Gasteiger partial charge on any atom is 0.253 e. The van der Waals surface area contributed by atoms with Gasteiger partial charge < -0.3 is 24.5 Å². The molecule has 0 radical (unpaired) electrons. The van der Waals surface area contributed by atoms with Crippen molar-refractivity contribution in [2.75, 3.05) is 36.0 Å². The Morgan fingerprint density at radius 1 is 0.878 bits per heavy atom. The molecule has 8 nitrogen and oxygen atoms in total. The Labute approximate surface area is 244 Å². The first-order valence-corrected chi connectivity index (χ1v) is 14.7. The minimum absolute atomic E-state index is 0.0196. The molecule has 0 aromatic heterocycles. The summed E-state index contributed by atoms with van der Waals surface area (Å²) in [4.78, 5) is 48.4. The highest BCUT2D eigenvalue weighted by Gasteiger charge is 2.75. The first-order valence-electron chi connectivity index (χ1n) is 14.3. The van der Waals surface area contributed by atoms with Crippen molar-refractivity contribution in [2.24, 2.45) is 11.8 Å². The van der Waals surface area contributed by atoms with Crippen molar-refractivity contribution in [1.29, 1.82) is 0 Å². The molecule has 214 valence electrons. The fourth-order valence-electron chi connectivity index (χ4n) is 7.12. The van der Waals surface area contributed by atoms with Crippen LogP contribution in [0.15, 0.2) is 78.9 Å². The average Bonchev–Trinajstić information content (AvgIpc) is 3.26. The predicted octanol–water partition coefficient (Wildman–Crippen LogP) is 3.98. The number of aliphatic hydroxyl groups excluding tert-OH is 1. The second-order valence-electron chi connectivity index (χ2n) is 11.1. The molecule has 4 aliphatic rings. The molecule has 3 amide bonds. The number of carbonyl (C=O) groups excluding carboxylic acids is 3. The number of hydrogen-bond donors (Lipinski definition) is 1. The number of anilines is 2. The van der Waals surface area contributed by atoms with Gasteiger partial charge in [0.25, 0.3) is 5.91 Å². The van der Waals surface area contributed by atoms with Crippen LogP contribution >= 0.6 is 11.6 Å². The van der Waals surface area contributed by atoms with Gasteiger partial charge in [0.15, 0.2) is 0 Å². The zero-order valence-electron chi connectivity index (χ0n) is 23.0. The van der Waals surface area contributed by atoms with E-state index in [2.05, 4.69) is 0 Å². The fraction of sp³-hybridized carbons (Fsp3) is 0.406. The summed E-state index contributed by atoms with van der Waals surface area (Å²) in [5, 5.41) is 9.88. The number of ether oxygens (including phenoxy) is 1. The molecule has 2 aromatic carbocycles. The Bertz CT molecular complexity index is 1410. The van der Waals surface area contributed by atoms with Crippen molar-refractivity contribution in [2.45, 2.75) is 43.4 Å². The standard InChI is InChI=1S/C32H34ClN3O5/c1-2-31-16-10-19-34(22-12-4-3-5-13-22)28(38)25(31)26-29(39)36(18-8-9-21-37)27-30(40)35(20-11-17-32(26,27)41-31)24-15-7-6-14-23(24)33/h3-7,10-17,25-27,37H,2,8-9,18-21H2,1H3/t25-,26+,27?,31+,32+/m1/s1. The molecule has 5 atom stereocenters. The molecule has 0 bridgehead atoms. The van der Waals surface area contributed by atoms with E-state index in [1.54, 1.807) is 32.9 Å². The van der Waals surface area contributed by atoms with Crippen molar-refractivity contribution in [3.63, 3.8) is 0 Å². The first kappa shape index (κ1) is 27.7. The van der Waals surface area contributed by atoms with Crippen molar-refractivity contribution in [1.82, 2.24) is 4.90 Å². The summed E-state index contributed by atoms with van der Waals surface area (Å²) in [6.07, 6.45) is 9.03. The first-order chi connectivity index (χ1) is 19.9. The number of carbonyl (C=O) groups is 3. The Kier molecular flexibility index (Phi) is 7.26. The quantitative estimate of drug-likeness (QED) is 0.398. The lowest BCUT2D eigenvalue weighted by Crippen LogP contribution is -2.56. The number of likely N-dealkylation sites (tertiary alicyclic amines) is 1. The number of benzene rings is 2. The summed E-state index contributed by atoms with van der Waals surface area (Å²) in [6.45, 7) is 2.81. The van der Waals surface area contributed by atoms with Gasteiger partial charge in [-0.15, -0.1) is 0 Å². The molecule has 2 aromatic rings. The van der Waals surface area contributed by atoms with Crippen LogP contribution in [0.1, 0.15) is 26.2 Å². The summed E-state index contributed by atoms with van der Waals surface area (Å²) in [6, 6.07) is 15.6. The van der Waals surface area contributed by atoms with E-state index in [0.29, 0.717) is 36.5 Å². The third kappa shape index (κ3) is 4.23. The highest BCUT2D eigenvalue weighted by Crippen LogP contribution is 2.59. The minimum atomic E-state index is -1.34. The van der Waals surface area contributed by atoms with Gasteiger partial charge in [-0.05, 0) is 43.5 Å². The Morgan fingerprint density at radius 2 is 1.59 bits per heavy atom. The van der Waals surface area contributed by atoms with E-state index in [1.165, 1.54) is 0 Å². The monoisotopic (exact) mass is 575 g/mol. The van der Waals surface area contributed by atoms with Gasteiger partial charge in [0, 0.05) is 31.9 Å². The number of aliphatic hydroxyl groups is 1. The van der Waals surface area contributed by atoms with Crippen LogP contribution in [-0.4, -0.2) is 71.2 Å². The molecule has 2 saturated heterocycles. The van der Waals surface area contributed by atoms with Gasteiger partial charge in [0.05, 0.1) is 28.1 Å². The third-order valence-corrected chi connectivity index (χ3v) is 9.28. The Balaban J connectivity index is 1.49. The normalized spacial score (nSPS) is 30.8. The number of nitrogens with zero attached hydrogens (tertiary/aromatic N) is 3. The van der Waals surface area contributed by atoms with E-state index < -0.39 is 29.1 Å². The van der Waals surface area contributed by atoms with E-state index in [1.807, 2.05) is 67.6 Å². The second kappa shape index (κ2) is 10.7. The molecule has 1 spiro atoms. The van der Waals surface area contributed by atoms with E-state index >= 15 is 0 Å². The van der Waals surface area contributed by atoms with E-state index in [4.69, 9.17) is 16.3 Å². The van der Waals surface area contributed by atoms with Gasteiger partial charge in [0.2, 0.25) is 11.8 Å². The minimum Gasteiger partial charge on any atom is -0.396 e. The number of hydrogen-bond acceptors (Lipinski definition) is 5.